The van der Waals surface area contributed by atoms with Gasteiger partial charge in [-0.25, -0.2) is 4.39 Å². The SMILES string of the molecule is O=C(NCCc1cccc(F)c1)C1CSCCN1. The largest absolute Gasteiger partial charge is 0.354 e. The number of carbonyl (C=O) groups is 1. The van der Waals surface area contributed by atoms with Gasteiger partial charge in [0, 0.05) is 24.6 Å². The molecule has 0 bridgehead atoms. The summed E-state index contributed by atoms with van der Waals surface area (Å²) in [6.45, 7) is 1.43. The lowest BCUT2D eigenvalue weighted by Gasteiger charge is -2.22. The molecule has 5 heteroatoms. The van der Waals surface area contributed by atoms with Crippen LogP contribution in [0.5, 0.6) is 0 Å². The number of rotatable bonds is 4. The molecule has 0 saturated carbocycles. The first-order chi connectivity index (χ1) is 8.75. The van der Waals surface area contributed by atoms with Gasteiger partial charge in [-0.3, -0.25) is 4.79 Å². The second-order valence-electron chi connectivity index (χ2n) is 4.25. The van der Waals surface area contributed by atoms with Crippen LogP contribution >= 0.6 is 11.8 Å². The molecule has 0 aliphatic carbocycles. The van der Waals surface area contributed by atoms with Crippen LogP contribution in [-0.2, 0) is 11.2 Å². The number of hydrogen-bond donors (Lipinski definition) is 2. The Kier molecular flexibility index (Phi) is 5.01. The molecular weight excluding hydrogens is 251 g/mol. The van der Waals surface area contributed by atoms with Gasteiger partial charge in [-0.1, -0.05) is 12.1 Å². The van der Waals surface area contributed by atoms with Crippen molar-refractivity contribution in [1.82, 2.24) is 10.6 Å². The van der Waals surface area contributed by atoms with Gasteiger partial charge in [0.25, 0.3) is 0 Å². The molecule has 0 radical (unpaired) electrons. The summed E-state index contributed by atoms with van der Waals surface area (Å²) in [5.41, 5.74) is 0.904. The van der Waals surface area contributed by atoms with Gasteiger partial charge in [0.05, 0.1) is 6.04 Å². The number of halogens is 1. The molecule has 1 fully saturated rings. The highest BCUT2D eigenvalue weighted by Crippen LogP contribution is 2.07. The highest BCUT2D eigenvalue weighted by molar-refractivity contribution is 7.99. The first-order valence-corrected chi connectivity index (χ1v) is 7.24. The molecule has 98 valence electrons. The maximum atomic E-state index is 12.9. The van der Waals surface area contributed by atoms with E-state index in [1.54, 1.807) is 17.8 Å². The second-order valence-corrected chi connectivity index (χ2v) is 5.40. The van der Waals surface area contributed by atoms with Crippen molar-refractivity contribution >= 4 is 17.7 Å². The third-order valence-electron chi connectivity index (χ3n) is 2.84. The summed E-state index contributed by atoms with van der Waals surface area (Å²) in [5.74, 6) is 1.70. The molecule has 1 aromatic carbocycles. The first-order valence-electron chi connectivity index (χ1n) is 6.09. The van der Waals surface area contributed by atoms with E-state index in [4.69, 9.17) is 0 Å². The van der Waals surface area contributed by atoms with Crippen LogP contribution in [0.3, 0.4) is 0 Å². The van der Waals surface area contributed by atoms with Gasteiger partial charge in [-0.2, -0.15) is 11.8 Å². The smallest absolute Gasteiger partial charge is 0.238 e. The van der Waals surface area contributed by atoms with Crippen molar-refractivity contribution in [3.05, 3.63) is 35.6 Å². The minimum atomic E-state index is -0.232. The van der Waals surface area contributed by atoms with E-state index in [2.05, 4.69) is 10.6 Å². The summed E-state index contributed by atoms with van der Waals surface area (Å²) in [6, 6.07) is 6.39. The lowest BCUT2D eigenvalue weighted by molar-refractivity contribution is -0.122. The van der Waals surface area contributed by atoms with Crippen LogP contribution in [0.25, 0.3) is 0 Å². The fourth-order valence-corrected chi connectivity index (χ4v) is 2.81. The Morgan fingerprint density at radius 1 is 1.56 bits per heavy atom. The number of thioether (sulfide) groups is 1. The summed E-state index contributed by atoms with van der Waals surface area (Å²) in [7, 11) is 0. The number of nitrogens with one attached hydrogen (secondary N) is 2. The van der Waals surface area contributed by atoms with E-state index < -0.39 is 0 Å². The molecular formula is C13H17FN2OS. The topological polar surface area (TPSA) is 41.1 Å². The Morgan fingerprint density at radius 3 is 3.17 bits per heavy atom. The molecule has 1 aromatic rings. The van der Waals surface area contributed by atoms with Gasteiger partial charge in [0.2, 0.25) is 5.91 Å². The Labute approximate surface area is 111 Å². The molecule has 0 aromatic heterocycles. The molecule has 1 atom stereocenters. The average molecular weight is 268 g/mol. The summed E-state index contributed by atoms with van der Waals surface area (Å²) < 4.78 is 12.9. The van der Waals surface area contributed by atoms with Crippen molar-refractivity contribution in [2.45, 2.75) is 12.5 Å². The van der Waals surface area contributed by atoms with Gasteiger partial charge in [0.1, 0.15) is 5.82 Å². The monoisotopic (exact) mass is 268 g/mol. The van der Waals surface area contributed by atoms with Crippen LogP contribution < -0.4 is 10.6 Å². The van der Waals surface area contributed by atoms with Crippen molar-refractivity contribution in [1.29, 1.82) is 0 Å². The van der Waals surface area contributed by atoms with Crippen LogP contribution in [0.15, 0.2) is 24.3 Å². The highest BCUT2D eigenvalue weighted by atomic mass is 32.2. The van der Waals surface area contributed by atoms with E-state index in [-0.39, 0.29) is 17.8 Å². The number of amides is 1. The minimum absolute atomic E-state index is 0.0404. The number of benzene rings is 1. The Morgan fingerprint density at radius 2 is 2.44 bits per heavy atom. The predicted octanol–water partition coefficient (Wildman–Crippen LogP) is 1.19. The third kappa shape index (κ3) is 3.99. The molecule has 1 amide bonds. The fourth-order valence-electron chi connectivity index (χ4n) is 1.88. The summed E-state index contributed by atoms with van der Waals surface area (Å²) in [6.07, 6.45) is 0.656. The number of carbonyl (C=O) groups excluding carboxylic acids is 1. The van der Waals surface area contributed by atoms with Crippen LogP contribution in [0.2, 0.25) is 0 Å². The molecule has 1 saturated heterocycles. The molecule has 1 heterocycles. The molecule has 3 nitrogen and oxygen atoms in total. The zero-order chi connectivity index (χ0) is 12.8. The van der Waals surface area contributed by atoms with E-state index in [1.165, 1.54) is 12.1 Å². The molecule has 2 N–H and O–H groups in total. The molecule has 1 unspecified atom stereocenters. The van der Waals surface area contributed by atoms with E-state index in [0.717, 1.165) is 23.6 Å². The van der Waals surface area contributed by atoms with E-state index in [9.17, 15) is 9.18 Å². The Bertz CT molecular complexity index is 408. The highest BCUT2D eigenvalue weighted by Gasteiger charge is 2.19. The standard InChI is InChI=1S/C13H17FN2OS/c14-11-3-1-2-10(8-11)4-5-16-13(17)12-9-18-7-6-15-12/h1-3,8,12,15H,4-7,9H2,(H,16,17). The molecule has 18 heavy (non-hydrogen) atoms. The number of hydrogen-bond acceptors (Lipinski definition) is 3. The summed E-state index contributed by atoms with van der Waals surface area (Å²) in [4.78, 5) is 11.8. The maximum Gasteiger partial charge on any atom is 0.238 e. The zero-order valence-electron chi connectivity index (χ0n) is 10.1. The first kappa shape index (κ1) is 13.4. The molecule has 0 spiro atoms. The van der Waals surface area contributed by atoms with Crippen molar-refractivity contribution in [3.63, 3.8) is 0 Å². The van der Waals surface area contributed by atoms with E-state index >= 15 is 0 Å². The van der Waals surface area contributed by atoms with Crippen molar-refractivity contribution in [3.8, 4) is 0 Å². The Balaban J connectivity index is 1.73. The van der Waals surface area contributed by atoms with Gasteiger partial charge in [-0.15, -0.1) is 0 Å². The quantitative estimate of drug-likeness (QED) is 0.862. The minimum Gasteiger partial charge on any atom is -0.354 e. The van der Waals surface area contributed by atoms with Gasteiger partial charge in [-0.05, 0) is 24.1 Å². The normalized spacial score (nSPS) is 19.5. The van der Waals surface area contributed by atoms with Gasteiger partial charge < -0.3 is 10.6 Å². The molecule has 2 rings (SSSR count). The average Bonchev–Trinajstić information content (AvgIpc) is 2.40. The van der Waals surface area contributed by atoms with Crippen molar-refractivity contribution in [2.24, 2.45) is 0 Å². The second kappa shape index (κ2) is 6.75. The third-order valence-corrected chi connectivity index (χ3v) is 3.90. The fraction of sp³-hybridized carbons (Fsp3) is 0.462. The maximum absolute atomic E-state index is 12.9. The summed E-state index contributed by atoms with van der Waals surface area (Å²) in [5, 5.41) is 6.07. The van der Waals surface area contributed by atoms with E-state index in [1.807, 2.05) is 6.07 Å². The van der Waals surface area contributed by atoms with Crippen LogP contribution in [0, 0.1) is 5.82 Å². The van der Waals surface area contributed by atoms with Crippen LogP contribution in [0.1, 0.15) is 5.56 Å². The van der Waals surface area contributed by atoms with Gasteiger partial charge in [0.15, 0.2) is 0 Å². The van der Waals surface area contributed by atoms with Crippen molar-refractivity contribution in [2.75, 3.05) is 24.6 Å². The van der Waals surface area contributed by atoms with Crippen molar-refractivity contribution < 1.29 is 9.18 Å². The molecule has 1 aliphatic heterocycles. The molecule has 1 aliphatic rings. The predicted molar refractivity (Wildman–Crippen MR) is 72.2 cm³/mol. The van der Waals surface area contributed by atoms with Gasteiger partial charge >= 0.3 is 0 Å². The lowest BCUT2D eigenvalue weighted by Crippen LogP contribution is -2.49. The Hall–Kier alpha value is -1.07. The van der Waals surface area contributed by atoms with Crippen LogP contribution in [0.4, 0.5) is 4.39 Å². The van der Waals surface area contributed by atoms with E-state index in [0.29, 0.717) is 13.0 Å². The van der Waals surface area contributed by atoms with Crippen LogP contribution in [-0.4, -0.2) is 36.5 Å². The summed E-state index contributed by atoms with van der Waals surface area (Å²) >= 11 is 1.79. The zero-order valence-corrected chi connectivity index (χ0v) is 10.9. The lowest BCUT2D eigenvalue weighted by atomic mass is 10.1.